The average Bonchev–Trinajstić information content (AvgIpc) is 2.59. The first-order valence-corrected chi connectivity index (χ1v) is 5.77. The van der Waals surface area contributed by atoms with E-state index >= 15 is 0 Å². The highest BCUT2D eigenvalue weighted by molar-refractivity contribution is 5.14. The largest absolute Gasteiger partial charge is 0.345 e. The van der Waals surface area contributed by atoms with Crippen LogP contribution in [0.25, 0.3) is 0 Å². The van der Waals surface area contributed by atoms with Crippen LogP contribution in [0.5, 0.6) is 0 Å². The van der Waals surface area contributed by atoms with Gasteiger partial charge in [0.05, 0.1) is 20.1 Å². The predicted octanol–water partition coefficient (Wildman–Crippen LogP) is 1.79. The highest BCUT2D eigenvalue weighted by Gasteiger charge is 2.35. The number of aliphatic hydroxyl groups excluding tert-OH is 1. The summed E-state index contributed by atoms with van der Waals surface area (Å²) in [5.74, 6) is 0. The second kappa shape index (κ2) is 4.33. The Kier molecular flexibility index (Phi) is 3.08. The van der Waals surface area contributed by atoms with E-state index in [0.717, 1.165) is 36.8 Å². The molecule has 1 heterocycles. The number of likely N-dealkylation sites (N-methyl/N-ethyl adjacent to an activating group) is 1. The van der Waals surface area contributed by atoms with Gasteiger partial charge in [0.2, 0.25) is 0 Å². The number of nitrogens with zero attached hydrogens (tertiary/aromatic N) is 1. The molecule has 1 saturated heterocycles. The Hall–Kier alpha value is -0.860. The Bertz CT molecular complexity index is 312. The van der Waals surface area contributed by atoms with E-state index in [4.69, 9.17) is 0 Å². The minimum Gasteiger partial charge on any atom is -0.345 e. The van der Waals surface area contributed by atoms with Crippen molar-refractivity contribution in [2.45, 2.75) is 25.5 Å². The Labute approximate surface area is 91.7 Å². The third kappa shape index (κ3) is 2.39. The van der Waals surface area contributed by atoms with E-state index in [0.29, 0.717) is 0 Å². The molecule has 2 atom stereocenters. The molecular formula is C13H20NO+. The maximum absolute atomic E-state index is 9.90. The molecule has 1 aromatic rings. The fourth-order valence-electron chi connectivity index (χ4n) is 2.39. The van der Waals surface area contributed by atoms with Crippen LogP contribution in [-0.2, 0) is 6.42 Å². The van der Waals surface area contributed by atoms with Gasteiger partial charge in [0.1, 0.15) is 0 Å². The van der Waals surface area contributed by atoms with E-state index in [-0.39, 0.29) is 6.23 Å². The molecule has 1 fully saturated rings. The fourth-order valence-corrected chi connectivity index (χ4v) is 2.39. The summed E-state index contributed by atoms with van der Waals surface area (Å²) in [6, 6.07) is 10.5. The minimum absolute atomic E-state index is 0.145. The summed E-state index contributed by atoms with van der Waals surface area (Å²) < 4.78 is 0.828. The first kappa shape index (κ1) is 10.7. The van der Waals surface area contributed by atoms with Crippen LogP contribution < -0.4 is 0 Å². The van der Waals surface area contributed by atoms with Crippen LogP contribution >= 0.6 is 0 Å². The second-order valence-corrected chi connectivity index (χ2v) is 4.79. The number of aliphatic hydroxyl groups is 1. The van der Waals surface area contributed by atoms with E-state index in [1.54, 1.807) is 0 Å². The minimum atomic E-state index is -0.145. The summed E-state index contributed by atoms with van der Waals surface area (Å²) in [6.07, 6.45) is 3.04. The molecule has 15 heavy (non-hydrogen) atoms. The van der Waals surface area contributed by atoms with Crippen molar-refractivity contribution in [3.63, 3.8) is 0 Å². The zero-order valence-corrected chi connectivity index (χ0v) is 9.39. The Morgan fingerprint density at radius 2 is 2.07 bits per heavy atom. The molecule has 0 amide bonds. The van der Waals surface area contributed by atoms with Gasteiger partial charge in [-0.1, -0.05) is 30.3 Å². The number of rotatable bonds is 3. The lowest BCUT2D eigenvalue weighted by Crippen LogP contribution is -2.49. The summed E-state index contributed by atoms with van der Waals surface area (Å²) in [6.45, 7) is 2.17. The molecule has 1 aliphatic heterocycles. The normalized spacial score (nSPS) is 30.7. The number of hydrogen-bond donors (Lipinski definition) is 1. The molecule has 1 N–H and O–H groups in total. The molecule has 2 heteroatoms. The van der Waals surface area contributed by atoms with Crippen molar-refractivity contribution >= 4 is 0 Å². The number of likely N-dealkylation sites (tertiary alicyclic amines) is 1. The molecule has 0 aromatic heterocycles. The highest BCUT2D eigenvalue weighted by atomic mass is 16.3. The van der Waals surface area contributed by atoms with Crippen molar-refractivity contribution in [3.05, 3.63) is 35.9 Å². The SMILES string of the molecule is C[N+]1(CCc2ccccc2)CCCC1O. The summed E-state index contributed by atoms with van der Waals surface area (Å²) in [7, 11) is 2.17. The van der Waals surface area contributed by atoms with Gasteiger partial charge in [-0.05, 0) is 5.56 Å². The first-order valence-electron chi connectivity index (χ1n) is 5.77. The monoisotopic (exact) mass is 206 g/mol. The van der Waals surface area contributed by atoms with Crippen LogP contribution in [0, 0.1) is 0 Å². The molecule has 0 radical (unpaired) electrons. The van der Waals surface area contributed by atoms with Gasteiger partial charge >= 0.3 is 0 Å². The fraction of sp³-hybridized carbons (Fsp3) is 0.538. The van der Waals surface area contributed by atoms with Crippen LogP contribution in [-0.4, -0.2) is 36.0 Å². The Morgan fingerprint density at radius 1 is 1.33 bits per heavy atom. The topological polar surface area (TPSA) is 20.2 Å². The molecule has 82 valence electrons. The molecule has 0 spiro atoms. The summed E-state index contributed by atoms with van der Waals surface area (Å²) in [4.78, 5) is 0. The smallest absolute Gasteiger partial charge is 0.190 e. The van der Waals surface area contributed by atoms with Gasteiger partial charge in [-0.2, -0.15) is 0 Å². The summed E-state index contributed by atoms with van der Waals surface area (Å²) in [5, 5.41) is 9.90. The molecule has 0 aliphatic carbocycles. The van der Waals surface area contributed by atoms with Gasteiger partial charge in [0, 0.05) is 19.3 Å². The molecule has 2 rings (SSSR count). The molecule has 0 saturated carbocycles. The van der Waals surface area contributed by atoms with E-state index in [1.807, 2.05) is 6.07 Å². The van der Waals surface area contributed by atoms with Crippen molar-refractivity contribution in [3.8, 4) is 0 Å². The maximum atomic E-state index is 9.90. The lowest BCUT2D eigenvalue weighted by atomic mass is 10.1. The van der Waals surface area contributed by atoms with Gasteiger partial charge in [0.15, 0.2) is 6.23 Å². The van der Waals surface area contributed by atoms with Gasteiger partial charge in [-0.3, -0.25) is 0 Å². The molecule has 0 bridgehead atoms. The Balaban J connectivity index is 1.93. The van der Waals surface area contributed by atoms with E-state index < -0.39 is 0 Å². The van der Waals surface area contributed by atoms with E-state index in [2.05, 4.69) is 31.3 Å². The van der Waals surface area contributed by atoms with Gasteiger partial charge < -0.3 is 9.59 Å². The molecule has 1 aliphatic rings. The van der Waals surface area contributed by atoms with Crippen molar-refractivity contribution in [1.29, 1.82) is 0 Å². The summed E-state index contributed by atoms with van der Waals surface area (Å²) in [5.41, 5.74) is 1.37. The Morgan fingerprint density at radius 3 is 2.67 bits per heavy atom. The van der Waals surface area contributed by atoms with Crippen molar-refractivity contribution in [2.24, 2.45) is 0 Å². The quantitative estimate of drug-likeness (QED) is 0.748. The molecular weight excluding hydrogens is 186 g/mol. The lowest BCUT2D eigenvalue weighted by Gasteiger charge is -2.33. The van der Waals surface area contributed by atoms with Crippen LogP contribution in [0.1, 0.15) is 18.4 Å². The molecule has 2 unspecified atom stereocenters. The van der Waals surface area contributed by atoms with E-state index in [1.165, 1.54) is 5.56 Å². The zero-order valence-electron chi connectivity index (χ0n) is 9.39. The van der Waals surface area contributed by atoms with Crippen LogP contribution in [0.3, 0.4) is 0 Å². The third-order valence-corrected chi connectivity index (χ3v) is 3.60. The van der Waals surface area contributed by atoms with Crippen molar-refractivity contribution in [2.75, 3.05) is 20.1 Å². The van der Waals surface area contributed by atoms with Crippen LogP contribution in [0.15, 0.2) is 30.3 Å². The highest BCUT2D eigenvalue weighted by Crippen LogP contribution is 2.23. The van der Waals surface area contributed by atoms with Crippen molar-refractivity contribution < 1.29 is 9.59 Å². The standard InChI is InChI=1S/C13H20NO/c1-14(10-5-8-13(14)15)11-9-12-6-3-2-4-7-12/h2-4,6-7,13,15H,5,8-11H2,1H3/q+1. The van der Waals surface area contributed by atoms with Crippen LogP contribution in [0.4, 0.5) is 0 Å². The molecule has 2 nitrogen and oxygen atoms in total. The lowest BCUT2D eigenvalue weighted by molar-refractivity contribution is -0.941. The average molecular weight is 206 g/mol. The first-order chi connectivity index (χ1) is 7.21. The molecule has 1 aromatic carbocycles. The number of benzene rings is 1. The van der Waals surface area contributed by atoms with E-state index in [9.17, 15) is 5.11 Å². The van der Waals surface area contributed by atoms with Gasteiger partial charge in [-0.25, -0.2) is 0 Å². The maximum Gasteiger partial charge on any atom is 0.190 e. The predicted molar refractivity (Wildman–Crippen MR) is 61.3 cm³/mol. The second-order valence-electron chi connectivity index (χ2n) is 4.79. The third-order valence-electron chi connectivity index (χ3n) is 3.60. The summed E-state index contributed by atoms with van der Waals surface area (Å²) >= 11 is 0. The van der Waals surface area contributed by atoms with Crippen LogP contribution in [0.2, 0.25) is 0 Å². The van der Waals surface area contributed by atoms with Gasteiger partial charge in [0.25, 0.3) is 0 Å². The number of hydrogen-bond acceptors (Lipinski definition) is 1. The van der Waals surface area contributed by atoms with Crippen molar-refractivity contribution in [1.82, 2.24) is 0 Å². The number of quaternary nitrogens is 1. The zero-order chi connectivity index (χ0) is 10.7. The van der Waals surface area contributed by atoms with Gasteiger partial charge in [-0.15, -0.1) is 0 Å².